The van der Waals surface area contributed by atoms with Crippen molar-refractivity contribution in [2.24, 2.45) is 5.73 Å². The van der Waals surface area contributed by atoms with E-state index in [1.807, 2.05) is 6.92 Å². The van der Waals surface area contributed by atoms with E-state index in [0.717, 1.165) is 0 Å². The highest BCUT2D eigenvalue weighted by Crippen LogP contribution is 2.36. The first-order chi connectivity index (χ1) is 5.70. The molecular weight excluding hydrogens is 182 g/mol. The summed E-state index contributed by atoms with van der Waals surface area (Å²) < 4.78 is 5.51. The summed E-state index contributed by atoms with van der Waals surface area (Å²) in [5, 5.41) is 0.182. The lowest BCUT2D eigenvalue weighted by atomic mass is 10.2. The van der Waals surface area contributed by atoms with E-state index in [1.54, 1.807) is 0 Å². The first-order valence-corrected chi connectivity index (χ1v) is 7.66. The quantitative estimate of drug-likeness (QED) is 0.435. The molecular formula is C9H23NO2Si. The Hall–Kier alpha value is 0.0969. The second-order valence-electron chi connectivity index (χ2n) is 4.99. The lowest BCUT2D eigenvalue weighted by molar-refractivity contribution is -0.250. The maximum absolute atomic E-state index is 5.51. The number of hydrogen-bond acceptors (Lipinski definition) is 3. The minimum absolute atomic E-state index is 0.0193. The van der Waals surface area contributed by atoms with Crippen LogP contribution >= 0.6 is 0 Å². The molecule has 0 amide bonds. The Morgan fingerprint density at radius 2 is 1.77 bits per heavy atom. The molecule has 0 aromatic rings. The van der Waals surface area contributed by atoms with Crippen LogP contribution in [0.2, 0.25) is 18.1 Å². The van der Waals surface area contributed by atoms with E-state index in [1.165, 1.54) is 0 Å². The molecule has 0 spiro atoms. The third-order valence-corrected chi connectivity index (χ3v) is 6.68. The van der Waals surface area contributed by atoms with Gasteiger partial charge < -0.3 is 5.73 Å². The van der Waals surface area contributed by atoms with Gasteiger partial charge in [-0.2, -0.15) is 0 Å². The second-order valence-corrected chi connectivity index (χ2v) is 9.67. The van der Waals surface area contributed by atoms with E-state index < -0.39 is 8.32 Å². The fraction of sp³-hybridized carbons (Fsp3) is 1.00. The normalized spacial score (nSPS) is 15.9. The maximum atomic E-state index is 5.51. The SMILES string of the molecule is CC(CN)OO[Si](C)(C)C(C)(C)C. The van der Waals surface area contributed by atoms with Crippen molar-refractivity contribution in [1.29, 1.82) is 0 Å². The van der Waals surface area contributed by atoms with E-state index >= 15 is 0 Å². The zero-order chi connectivity index (χ0) is 10.7. The third kappa shape index (κ3) is 4.22. The fourth-order valence-electron chi connectivity index (χ4n) is 0.367. The van der Waals surface area contributed by atoms with Gasteiger partial charge in [-0.3, -0.25) is 4.58 Å². The van der Waals surface area contributed by atoms with Gasteiger partial charge in [0.15, 0.2) is 0 Å². The van der Waals surface area contributed by atoms with Crippen LogP contribution in [-0.4, -0.2) is 21.0 Å². The predicted molar refractivity (Wildman–Crippen MR) is 57.9 cm³/mol. The molecule has 0 aliphatic heterocycles. The minimum atomic E-state index is -1.76. The van der Waals surface area contributed by atoms with E-state index in [0.29, 0.717) is 6.54 Å². The van der Waals surface area contributed by atoms with Crippen LogP contribution in [0.1, 0.15) is 27.7 Å². The molecule has 0 radical (unpaired) electrons. The van der Waals surface area contributed by atoms with Crippen molar-refractivity contribution in [3.8, 4) is 0 Å². The van der Waals surface area contributed by atoms with Crippen LogP contribution in [0.15, 0.2) is 0 Å². The Morgan fingerprint density at radius 1 is 1.31 bits per heavy atom. The summed E-state index contributed by atoms with van der Waals surface area (Å²) in [5.74, 6) is 0. The van der Waals surface area contributed by atoms with Crippen LogP contribution in [0, 0.1) is 0 Å². The van der Waals surface area contributed by atoms with Crippen molar-refractivity contribution in [3.63, 3.8) is 0 Å². The molecule has 0 fully saturated rings. The molecule has 1 unspecified atom stereocenters. The van der Waals surface area contributed by atoms with E-state index in [9.17, 15) is 0 Å². The largest absolute Gasteiger partial charge is 0.328 e. The lowest BCUT2D eigenvalue weighted by Crippen LogP contribution is -2.42. The van der Waals surface area contributed by atoms with Gasteiger partial charge in [0.25, 0.3) is 0 Å². The van der Waals surface area contributed by atoms with Crippen molar-refractivity contribution < 1.29 is 9.46 Å². The van der Waals surface area contributed by atoms with Crippen molar-refractivity contribution in [2.45, 2.75) is 51.9 Å². The lowest BCUT2D eigenvalue weighted by Gasteiger charge is -2.35. The molecule has 0 rings (SSSR count). The number of rotatable bonds is 4. The van der Waals surface area contributed by atoms with E-state index in [4.69, 9.17) is 15.2 Å². The number of nitrogens with two attached hydrogens (primary N) is 1. The molecule has 3 nitrogen and oxygen atoms in total. The predicted octanol–water partition coefficient (Wildman–Crippen LogP) is 2.29. The average molecular weight is 205 g/mol. The third-order valence-electron chi connectivity index (χ3n) is 2.56. The number of hydrogen-bond donors (Lipinski definition) is 1. The zero-order valence-corrected chi connectivity index (χ0v) is 10.7. The van der Waals surface area contributed by atoms with Gasteiger partial charge in [0, 0.05) is 6.54 Å². The molecule has 0 aliphatic carbocycles. The molecule has 0 heterocycles. The summed E-state index contributed by atoms with van der Waals surface area (Å²) in [6.07, 6.45) is -0.0193. The maximum Gasteiger partial charge on any atom is 0.238 e. The van der Waals surface area contributed by atoms with Crippen molar-refractivity contribution in [3.05, 3.63) is 0 Å². The first-order valence-electron chi connectivity index (χ1n) is 4.75. The molecule has 1 atom stereocenters. The summed E-state index contributed by atoms with van der Waals surface area (Å²) in [4.78, 5) is 5.22. The Labute approximate surface area is 82.7 Å². The molecule has 0 saturated heterocycles. The van der Waals surface area contributed by atoms with Crippen molar-refractivity contribution in [2.75, 3.05) is 6.54 Å². The highest BCUT2D eigenvalue weighted by molar-refractivity contribution is 6.73. The van der Waals surface area contributed by atoms with Crippen molar-refractivity contribution >= 4 is 8.32 Å². The van der Waals surface area contributed by atoms with Gasteiger partial charge in [0.1, 0.15) is 6.10 Å². The molecule has 0 bridgehead atoms. The standard InChI is InChI=1S/C9H23NO2Si/c1-8(7-10)11-12-13(5,6)9(2,3)4/h8H,7,10H2,1-6H3. The first kappa shape index (κ1) is 13.1. The molecule has 4 heteroatoms. The van der Waals surface area contributed by atoms with Crippen LogP contribution in [0.4, 0.5) is 0 Å². The molecule has 13 heavy (non-hydrogen) atoms. The van der Waals surface area contributed by atoms with Crippen LogP contribution in [0.3, 0.4) is 0 Å². The average Bonchev–Trinajstić information content (AvgIpc) is 1.98. The fourth-order valence-corrected chi connectivity index (χ4v) is 1.02. The Kier molecular flexibility index (Phi) is 4.58. The summed E-state index contributed by atoms with van der Waals surface area (Å²) in [6, 6.07) is 0. The van der Waals surface area contributed by atoms with Crippen LogP contribution in [-0.2, 0) is 9.46 Å². The van der Waals surface area contributed by atoms with Gasteiger partial charge in [-0.25, -0.2) is 4.89 Å². The molecule has 0 saturated carbocycles. The summed E-state index contributed by atoms with van der Waals surface area (Å²) in [7, 11) is -1.76. The monoisotopic (exact) mass is 205 g/mol. The van der Waals surface area contributed by atoms with Crippen molar-refractivity contribution in [1.82, 2.24) is 0 Å². The highest BCUT2D eigenvalue weighted by atomic mass is 28.4. The Morgan fingerprint density at radius 3 is 2.08 bits per heavy atom. The van der Waals surface area contributed by atoms with Gasteiger partial charge in [-0.15, -0.1) is 0 Å². The smallest absolute Gasteiger partial charge is 0.238 e. The zero-order valence-electron chi connectivity index (χ0n) is 9.68. The summed E-state index contributed by atoms with van der Waals surface area (Å²) >= 11 is 0. The van der Waals surface area contributed by atoms with Gasteiger partial charge in [0.2, 0.25) is 8.32 Å². The van der Waals surface area contributed by atoms with E-state index in [-0.39, 0.29) is 11.1 Å². The van der Waals surface area contributed by atoms with Crippen LogP contribution in [0.25, 0.3) is 0 Å². The minimum Gasteiger partial charge on any atom is -0.328 e. The van der Waals surface area contributed by atoms with Gasteiger partial charge in [-0.05, 0) is 25.1 Å². The van der Waals surface area contributed by atoms with Gasteiger partial charge in [-0.1, -0.05) is 20.8 Å². The van der Waals surface area contributed by atoms with Gasteiger partial charge in [0.05, 0.1) is 0 Å². The summed E-state index contributed by atoms with van der Waals surface area (Å²) in [6.45, 7) is 13.2. The second kappa shape index (κ2) is 4.55. The van der Waals surface area contributed by atoms with Crippen LogP contribution in [0.5, 0.6) is 0 Å². The molecule has 0 aliphatic rings. The summed E-state index contributed by atoms with van der Waals surface area (Å²) in [5.41, 5.74) is 5.42. The van der Waals surface area contributed by atoms with Crippen LogP contribution < -0.4 is 5.73 Å². The van der Waals surface area contributed by atoms with E-state index in [2.05, 4.69) is 33.9 Å². The van der Waals surface area contributed by atoms with Gasteiger partial charge >= 0.3 is 0 Å². The Bertz CT molecular complexity index is 154. The highest BCUT2D eigenvalue weighted by Gasteiger charge is 2.39. The topological polar surface area (TPSA) is 44.5 Å². The molecule has 2 N–H and O–H groups in total. The molecule has 80 valence electrons. The molecule has 0 aromatic carbocycles. The Balaban J connectivity index is 4.04. The molecule has 0 aromatic heterocycles.